The Morgan fingerprint density at radius 1 is 1.33 bits per heavy atom. The minimum Gasteiger partial charge on any atom is -0.327 e. The van der Waals surface area contributed by atoms with Crippen LogP contribution in [-0.2, 0) is 13.6 Å². The van der Waals surface area contributed by atoms with Crippen LogP contribution in [0.1, 0.15) is 31.4 Å². The van der Waals surface area contributed by atoms with Crippen LogP contribution in [0.25, 0.3) is 0 Å². The Bertz CT molecular complexity index is 440. The van der Waals surface area contributed by atoms with E-state index < -0.39 is 0 Å². The predicted octanol–water partition coefficient (Wildman–Crippen LogP) is 1.18. The molecule has 0 aromatic carbocycles. The minimum absolute atomic E-state index is 0.424. The molecule has 0 unspecified atom stereocenters. The number of aryl methyl sites for hydroxylation is 1. The van der Waals surface area contributed by atoms with Gasteiger partial charge in [-0.1, -0.05) is 13.8 Å². The molecule has 80 valence electrons. The van der Waals surface area contributed by atoms with Crippen molar-refractivity contribution in [1.29, 1.82) is 0 Å². The SMILES string of the molecule is CC(C)c1nccn1Cc1ncnn1C. The van der Waals surface area contributed by atoms with Crippen LogP contribution in [0.4, 0.5) is 0 Å². The van der Waals surface area contributed by atoms with Crippen molar-refractivity contribution in [3.8, 4) is 0 Å². The molecule has 15 heavy (non-hydrogen) atoms. The first-order valence-electron chi connectivity index (χ1n) is 5.02. The molecule has 0 aliphatic heterocycles. The number of hydrogen-bond acceptors (Lipinski definition) is 3. The maximum absolute atomic E-state index is 4.33. The topological polar surface area (TPSA) is 48.5 Å². The molecule has 0 saturated carbocycles. The molecule has 0 radical (unpaired) electrons. The molecule has 0 aliphatic carbocycles. The van der Waals surface area contributed by atoms with E-state index in [2.05, 4.69) is 33.5 Å². The third kappa shape index (κ3) is 1.91. The third-order valence-corrected chi connectivity index (χ3v) is 2.38. The van der Waals surface area contributed by atoms with Gasteiger partial charge in [-0.15, -0.1) is 0 Å². The van der Waals surface area contributed by atoms with E-state index >= 15 is 0 Å². The van der Waals surface area contributed by atoms with E-state index in [1.807, 2.05) is 19.4 Å². The zero-order valence-electron chi connectivity index (χ0n) is 9.25. The molecule has 2 heterocycles. The van der Waals surface area contributed by atoms with Gasteiger partial charge in [0.15, 0.2) is 0 Å². The zero-order valence-corrected chi connectivity index (χ0v) is 9.25. The lowest BCUT2D eigenvalue weighted by Crippen LogP contribution is -2.10. The molecule has 5 heteroatoms. The second-order valence-electron chi connectivity index (χ2n) is 3.87. The first-order valence-corrected chi connectivity index (χ1v) is 5.02. The Hall–Kier alpha value is -1.65. The second kappa shape index (κ2) is 3.84. The van der Waals surface area contributed by atoms with E-state index in [4.69, 9.17) is 0 Å². The van der Waals surface area contributed by atoms with Gasteiger partial charge in [-0.05, 0) is 0 Å². The molecule has 0 N–H and O–H groups in total. The predicted molar refractivity (Wildman–Crippen MR) is 56.4 cm³/mol. The first kappa shape index (κ1) is 9.89. The van der Waals surface area contributed by atoms with Crippen LogP contribution in [-0.4, -0.2) is 24.3 Å². The standard InChI is InChI=1S/C10H15N5/c1-8(2)10-11-4-5-15(10)6-9-12-7-13-14(9)3/h4-5,7-8H,6H2,1-3H3. The summed E-state index contributed by atoms with van der Waals surface area (Å²) >= 11 is 0. The lowest BCUT2D eigenvalue weighted by Gasteiger charge is -2.09. The van der Waals surface area contributed by atoms with Gasteiger partial charge in [0.25, 0.3) is 0 Å². The Morgan fingerprint density at radius 2 is 2.13 bits per heavy atom. The van der Waals surface area contributed by atoms with Crippen LogP contribution in [0.5, 0.6) is 0 Å². The minimum atomic E-state index is 0.424. The molecule has 0 fully saturated rings. The van der Waals surface area contributed by atoms with Crippen molar-refractivity contribution in [2.45, 2.75) is 26.3 Å². The van der Waals surface area contributed by atoms with Crippen molar-refractivity contribution < 1.29 is 0 Å². The quantitative estimate of drug-likeness (QED) is 0.756. The van der Waals surface area contributed by atoms with Gasteiger partial charge in [-0.2, -0.15) is 5.10 Å². The fourth-order valence-corrected chi connectivity index (χ4v) is 1.57. The van der Waals surface area contributed by atoms with E-state index in [-0.39, 0.29) is 0 Å². The first-order chi connectivity index (χ1) is 7.18. The molecule has 0 bridgehead atoms. The molecule has 2 rings (SSSR count). The Morgan fingerprint density at radius 3 is 2.73 bits per heavy atom. The smallest absolute Gasteiger partial charge is 0.146 e. The molecule has 5 nitrogen and oxygen atoms in total. The van der Waals surface area contributed by atoms with Gasteiger partial charge in [0, 0.05) is 25.4 Å². The van der Waals surface area contributed by atoms with Crippen LogP contribution >= 0.6 is 0 Å². The average Bonchev–Trinajstić information content (AvgIpc) is 2.77. The van der Waals surface area contributed by atoms with Gasteiger partial charge in [-0.3, -0.25) is 4.68 Å². The van der Waals surface area contributed by atoms with E-state index in [9.17, 15) is 0 Å². The maximum atomic E-state index is 4.33. The van der Waals surface area contributed by atoms with Gasteiger partial charge >= 0.3 is 0 Å². The van der Waals surface area contributed by atoms with Gasteiger partial charge < -0.3 is 4.57 Å². The summed E-state index contributed by atoms with van der Waals surface area (Å²) in [6, 6.07) is 0. The van der Waals surface area contributed by atoms with E-state index in [1.54, 1.807) is 11.0 Å². The van der Waals surface area contributed by atoms with Crippen molar-refractivity contribution >= 4 is 0 Å². The molecule has 0 amide bonds. The number of aromatic nitrogens is 5. The highest BCUT2D eigenvalue weighted by Crippen LogP contribution is 2.12. The van der Waals surface area contributed by atoms with Crippen LogP contribution in [0.2, 0.25) is 0 Å². The molecular weight excluding hydrogens is 190 g/mol. The summed E-state index contributed by atoms with van der Waals surface area (Å²) in [6.07, 6.45) is 5.37. The zero-order chi connectivity index (χ0) is 10.8. The third-order valence-electron chi connectivity index (χ3n) is 2.38. The number of nitrogens with zero attached hydrogens (tertiary/aromatic N) is 5. The summed E-state index contributed by atoms with van der Waals surface area (Å²) in [5.74, 6) is 2.45. The molecule has 2 aromatic rings. The molecule has 0 spiro atoms. The van der Waals surface area contributed by atoms with Crippen LogP contribution in [0, 0.1) is 0 Å². The fourth-order valence-electron chi connectivity index (χ4n) is 1.57. The lowest BCUT2D eigenvalue weighted by atomic mass is 10.2. The second-order valence-corrected chi connectivity index (χ2v) is 3.87. The largest absolute Gasteiger partial charge is 0.327 e. The number of rotatable bonds is 3. The number of hydrogen-bond donors (Lipinski definition) is 0. The molecule has 0 saturated heterocycles. The van der Waals surface area contributed by atoms with Crippen molar-refractivity contribution in [2.75, 3.05) is 0 Å². The molecule has 0 aliphatic rings. The fraction of sp³-hybridized carbons (Fsp3) is 0.500. The van der Waals surface area contributed by atoms with Crippen molar-refractivity contribution in [1.82, 2.24) is 24.3 Å². The maximum Gasteiger partial charge on any atom is 0.146 e. The van der Waals surface area contributed by atoms with E-state index in [0.29, 0.717) is 5.92 Å². The summed E-state index contributed by atoms with van der Waals surface area (Å²) in [5, 5.41) is 4.04. The van der Waals surface area contributed by atoms with E-state index in [1.165, 1.54) is 0 Å². The van der Waals surface area contributed by atoms with Crippen LogP contribution in [0.3, 0.4) is 0 Å². The normalized spacial score (nSPS) is 11.2. The van der Waals surface area contributed by atoms with Crippen LogP contribution < -0.4 is 0 Å². The average molecular weight is 205 g/mol. The van der Waals surface area contributed by atoms with E-state index in [0.717, 1.165) is 18.2 Å². The number of imidazole rings is 1. The van der Waals surface area contributed by atoms with Crippen molar-refractivity contribution in [3.63, 3.8) is 0 Å². The highest BCUT2D eigenvalue weighted by molar-refractivity contribution is 5.00. The summed E-state index contributed by atoms with van der Waals surface area (Å²) in [7, 11) is 1.90. The van der Waals surface area contributed by atoms with Crippen LogP contribution in [0.15, 0.2) is 18.7 Å². The summed E-state index contributed by atoms with van der Waals surface area (Å²) in [4.78, 5) is 8.53. The highest BCUT2D eigenvalue weighted by Gasteiger charge is 2.09. The van der Waals surface area contributed by atoms with Crippen molar-refractivity contribution in [2.24, 2.45) is 7.05 Å². The Labute approximate surface area is 88.8 Å². The molecule has 2 aromatic heterocycles. The highest BCUT2D eigenvalue weighted by atomic mass is 15.3. The monoisotopic (exact) mass is 205 g/mol. The lowest BCUT2D eigenvalue weighted by molar-refractivity contribution is 0.612. The van der Waals surface area contributed by atoms with Gasteiger partial charge in [0.1, 0.15) is 18.0 Å². The summed E-state index contributed by atoms with van der Waals surface area (Å²) < 4.78 is 3.89. The molecular formula is C10H15N5. The van der Waals surface area contributed by atoms with Gasteiger partial charge in [-0.25, -0.2) is 9.97 Å². The van der Waals surface area contributed by atoms with Gasteiger partial charge in [0.2, 0.25) is 0 Å². The summed E-state index contributed by atoms with van der Waals surface area (Å²) in [6.45, 7) is 5.00. The Balaban J connectivity index is 2.25. The summed E-state index contributed by atoms with van der Waals surface area (Å²) in [5.41, 5.74) is 0. The molecule has 0 atom stereocenters. The van der Waals surface area contributed by atoms with Crippen molar-refractivity contribution in [3.05, 3.63) is 30.4 Å². The van der Waals surface area contributed by atoms with Gasteiger partial charge in [0.05, 0.1) is 6.54 Å². The Kier molecular flexibility index (Phi) is 2.53.